The normalized spacial score (nSPS) is 20.0. The SMILES string of the molecule is CCCCN(Cc1ccccc1)C(=O)[C@@H]1CCCN(c2cccc3c2C(=O)N(C2CC2)C3=O)C1. The highest BCUT2D eigenvalue weighted by atomic mass is 16.2. The molecule has 178 valence electrons. The molecular weight excluding hydrogens is 426 g/mol. The van der Waals surface area contributed by atoms with Gasteiger partial charge in [0, 0.05) is 32.2 Å². The van der Waals surface area contributed by atoms with E-state index in [9.17, 15) is 14.4 Å². The fourth-order valence-electron chi connectivity index (χ4n) is 5.29. The first kappa shape index (κ1) is 22.6. The number of rotatable bonds is 8. The summed E-state index contributed by atoms with van der Waals surface area (Å²) in [4.78, 5) is 45.4. The lowest BCUT2D eigenvalue weighted by molar-refractivity contribution is -0.136. The van der Waals surface area contributed by atoms with Crippen molar-refractivity contribution in [1.29, 1.82) is 0 Å². The number of fused-ring (bicyclic) bond motifs is 1. The van der Waals surface area contributed by atoms with Crippen molar-refractivity contribution in [3.63, 3.8) is 0 Å². The van der Waals surface area contributed by atoms with E-state index < -0.39 is 0 Å². The highest BCUT2D eigenvalue weighted by Crippen LogP contribution is 2.39. The van der Waals surface area contributed by atoms with E-state index in [2.05, 4.69) is 24.0 Å². The first-order valence-corrected chi connectivity index (χ1v) is 12.7. The standard InChI is InChI=1S/C28H33N3O3/c1-2-3-16-30(18-20-9-5-4-6-10-20)26(32)21-11-8-17-29(19-21)24-13-7-12-23-25(24)28(34)31(27(23)33)22-14-15-22/h4-7,9-10,12-13,21-22H,2-3,8,11,14-19H2,1H3/t21-/m1/s1. The number of unbranched alkanes of at least 4 members (excludes halogenated alkanes) is 1. The van der Waals surface area contributed by atoms with Crippen molar-refractivity contribution >= 4 is 23.4 Å². The molecule has 0 bridgehead atoms. The summed E-state index contributed by atoms with van der Waals surface area (Å²) in [6, 6.07) is 15.8. The van der Waals surface area contributed by atoms with E-state index in [0.29, 0.717) is 24.2 Å². The third-order valence-electron chi connectivity index (χ3n) is 7.26. The van der Waals surface area contributed by atoms with Crippen molar-refractivity contribution in [3.8, 4) is 0 Å². The molecule has 34 heavy (non-hydrogen) atoms. The number of imide groups is 1. The third kappa shape index (κ3) is 4.33. The number of hydrogen-bond donors (Lipinski definition) is 0. The molecule has 0 unspecified atom stereocenters. The number of hydrogen-bond acceptors (Lipinski definition) is 4. The molecule has 0 spiro atoms. The molecule has 1 aliphatic carbocycles. The zero-order valence-electron chi connectivity index (χ0n) is 19.9. The zero-order chi connectivity index (χ0) is 23.7. The maximum absolute atomic E-state index is 13.7. The van der Waals surface area contributed by atoms with Gasteiger partial charge in [-0.3, -0.25) is 19.3 Å². The zero-order valence-corrected chi connectivity index (χ0v) is 19.9. The summed E-state index contributed by atoms with van der Waals surface area (Å²) in [5, 5.41) is 0. The molecule has 5 rings (SSSR count). The van der Waals surface area contributed by atoms with Gasteiger partial charge >= 0.3 is 0 Å². The molecule has 2 aromatic carbocycles. The van der Waals surface area contributed by atoms with Gasteiger partial charge in [-0.1, -0.05) is 49.7 Å². The summed E-state index contributed by atoms with van der Waals surface area (Å²) < 4.78 is 0. The Morgan fingerprint density at radius 1 is 1.00 bits per heavy atom. The number of carbonyl (C=O) groups is 3. The van der Waals surface area contributed by atoms with Crippen LogP contribution in [0, 0.1) is 5.92 Å². The number of nitrogens with zero attached hydrogens (tertiary/aromatic N) is 3. The molecule has 2 aliphatic heterocycles. The lowest BCUT2D eigenvalue weighted by atomic mass is 9.94. The molecule has 1 saturated carbocycles. The van der Waals surface area contributed by atoms with Crippen LogP contribution in [0.5, 0.6) is 0 Å². The van der Waals surface area contributed by atoms with Gasteiger partial charge in [-0.25, -0.2) is 0 Å². The van der Waals surface area contributed by atoms with Crippen LogP contribution in [0.15, 0.2) is 48.5 Å². The van der Waals surface area contributed by atoms with E-state index in [4.69, 9.17) is 0 Å². The van der Waals surface area contributed by atoms with Crippen molar-refractivity contribution in [1.82, 2.24) is 9.80 Å². The molecule has 2 heterocycles. The smallest absolute Gasteiger partial charge is 0.263 e. The summed E-state index contributed by atoms with van der Waals surface area (Å²) in [5.74, 6) is -0.253. The van der Waals surface area contributed by atoms with Crippen LogP contribution in [0.25, 0.3) is 0 Å². The highest BCUT2D eigenvalue weighted by Gasteiger charge is 2.46. The molecule has 3 amide bonds. The summed E-state index contributed by atoms with van der Waals surface area (Å²) in [5.41, 5.74) is 2.99. The Kier molecular flexibility index (Phi) is 6.40. The quantitative estimate of drug-likeness (QED) is 0.546. The monoisotopic (exact) mass is 459 g/mol. The molecule has 2 fully saturated rings. The molecule has 6 nitrogen and oxygen atoms in total. The Morgan fingerprint density at radius 3 is 2.53 bits per heavy atom. The van der Waals surface area contributed by atoms with Gasteiger partial charge < -0.3 is 9.80 Å². The van der Waals surface area contributed by atoms with Crippen LogP contribution in [-0.2, 0) is 11.3 Å². The first-order valence-electron chi connectivity index (χ1n) is 12.7. The second-order valence-electron chi connectivity index (χ2n) is 9.80. The van der Waals surface area contributed by atoms with Gasteiger partial charge in [0.05, 0.1) is 22.7 Å². The number of benzene rings is 2. The van der Waals surface area contributed by atoms with Crippen molar-refractivity contribution in [2.75, 3.05) is 24.5 Å². The Bertz CT molecular complexity index is 1080. The largest absolute Gasteiger partial charge is 0.370 e. The topological polar surface area (TPSA) is 60.9 Å². The van der Waals surface area contributed by atoms with Gasteiger partial charge in [-0.2, -0.15) is 0 Å². The number of carbonyl (C=O) groups excluding carboxylic acids is 3. The van der Waals surface area contributed by atoms with Gasteiger partial charge in [0.1, 0.15) is 0 Å². The number of anilines is 1. The lowest BCUT2D eigenvalue weighted by Gasteiger charge is -2.37. The maximum Gasteiger partial charge on any atom is 0.263 e. The minimum Gasteiger partial charge on any atom is -0.370 e. The lowest BCUT2D eigenvalue weighted by Crippen LogP contribution is -2.45. The Labute approximate surface area is 201 Å². The average molecular weight is 460 g/mol. The molecule has 0 aromatic heterocycles. The summed E-state index contributed by atoms with van der Waals surface area (Å²) >= 11 is 0. The first-order chi connectivity index (χ1) is 16.6. The van der Waals surface area contributed by atoms with E-state index in [1.807, 2.05) is 35.2 Å². The average Bonchev–Trinajstić information content (AvgIpc) is 3.67. The second kappa shape index (κ2) is 9.61. The van der Waals surface area contributed by atoms with Crippen molar-refractivity contribution in [3.05, 3.63) is 65.2 Å². The van der Waals surface area contributed by atoms with Crippen LogP contribution in [0.3, 0.4) is 0 Å². The third-order valence-corrected chi connectivity index (χ3v) is 7.26. The summed E-state index contributed by atoms with van der Waals surface area (Å²) in [7, 11) is 0. The minimum atomic E-state index is -0.166. The van der Waals surface area contributed by atoms with E-state index >= 15 is 0 Å². The molecule has 1 saturated heterocycles. The predicted octanol–water partition coefficient (Wildman–Crippen LogP) is 4.49. The molecule has 0 N–H and O–H groups in total. The maximum atomic E-state index is 13.7. The minimum absolute atomic E-state index is 0.0565. The van der Waals surface area contributed by atoms with E-state index in [-0.39, 0.29) is 29.7 Å². The summed E-state index contributed by atoms with van der Waals surface area (Å²) in [6.07, 6.45) is 5.56. The second-order valence-corrected chi connectivity index (χ2v) is 9.80. The predicted molar refractivity (Wildman–Crippen MR) is 132 cm³/mol. The molecule has 3 aliphatic rings. The molecular formula is C28H33N3O3. The van der Waals surface area contributed by atoms with Gasteiger partial charge in [-0.05, 0) is 49.8 Å². The van der Waals surface area contributed by atoms with Crippen LogP contribution in [0.2, 0.25) is 0 Å². The van der Waals surface area contributed by atoms with Crippen molar-refractivity contribution < 1.29 is 14.4 Å². The van der Waals surface area contributed by atoms with Gasteiger partial charge in [0.25, 0.3) is 11.8 Å². The van der Waals surface area contributed by atoms with E-state index in [1.54, 1.807) is 6.07 Å². The molecule has 6 heteroatoms. The van der Waals surface area contributed by atoms with Crippen LogP contribution in [0.1, 0.15) is 71.7 Å². The molecule has 0 radical (unpaired) electrons. The number of amides is 3. The van der Waals surface area contributed by atoms with Crippen LogP contribution in [0.4, 0.5) is 5.69 Å². The molecule has 2 aromatic rings. The van der Waals surface area contributed by atoms with Gasteiger partial charge in [-0.15, -0.1) is 0 Å². The van der Waals surface area contributed by atoms with Crippen LogP contribution >= 0.6 is 0 Å². The van der Waals surface area contributed by atoms with Crippen molar-refractivity contribution in [2.24, 2.45) is 5.92 Å². The van der Waals surface area contributed by atoms with E-state index in [1.165, 1.54) is 4.90 Å². The number of piperidine rings is 1. The fraction of sp³-hybridized carbons (Fsp3) is 0.464. The van der Waals surface area contributed by atoms with Gasteiger partial charge in [0.2, 0.25) is 5.91 Å². The Morgan fingerprint density at radius 2 is 1.79 bits per heavy atom. The fourth-order valence-corrected chi connectivity index (χ4v) is 5.29. The Hall–Kier alpha value is -3.15. The Balaban J connectivity index is 1.35. The highest BCUT2D eigenvalue weighted by molar-refractivity contribution is 6.24. The van der Waals surface area contributed by atoms with Gasteiger partial charge in [0.15, 0.2) is 0 Å². The van der Waals surface area contributed by atoms with Crippen molar-refractivity contribution in [2.45, 2.75) is 58.0 Å². The van der Waals surface area contributed by atoms with Crippen LogP contribution in [-0.4, -0.2) is 53.2 Å². The summed E-state index contributed by atoms with van der Waals surface area (Å²) in [6.45, 7) is 4.90. The van der Waals surface area contributed by atoms with Crippen LogP contribution < -0.4 is 4.90 Å². The van der Waals surface area contributed by atoms with E-state index in [0.717, 1.165) is 62.9 Å². The molecule has 1 atom stereocenters.